The monoisotopic (exact) mass is 702 g/mol. The lowest BCUT2D eigenvalue weighted by Gasteiger charge is -2.36. The van der Waals surface area contributed by atoms with Crippen LogP contribution in [0.4, 0.5) is 28.4 Å². The number of nitrogens with zero attached hydrogens (tertiary/aromatic N) is 1. The van der Waals surface area contributed by atoms with E-state index in [1.807, 2.05) is 0 Å². The highest BCUT2D eigenvalue weighted by Crippen LogP contribution is 2.43. The minimum atomic E-state index is 0.830. The SMILES string of the molecule is Cc1cc(-c2cc3ccccc3cc2Nc2ccc(-c3ccccc3)cc2)c2c(c1)N(c1cc(-c3ccccc3)ccc1C)c1cc3ccccc3cc1B2. The highest BCUT2D eigenvalue weighted by Gasteiger charge is 2.30. The topological polar surface area (TPSA) is 15.3 Å². The van der Waals surface area contributed by atoms with Crippen LogP contribution in [0.5, 0.6) is 0 Å². The third-order valence-electron chi connectivity index (χ3n) is 11.2. The van der Waals surface area contributed by atoms with E-state index in [-0.39, 0.29) is 0 Å². The predicted octanol–water partition coefficient (Wildman–Crippen LogP) is 12.5. The van der Waals surface area contributed by atoms with Crippen molar-refractivity contribution < 1.29 is 0 Å². The first-order valence-corrected chi connectivity index (χ1v) is 19.1. The molecule has 3 heteroatoms. The van der Waals surface area contributed by atoms with Gasteiger partial charge in [-0.2, -0.15) is 0 Å². The second kappa shape index (κ2) is 13.5. The van der Waals surface area contributed by atoms with Crippen LogP contribution in [-0.2, 0) is 0 Å². The summed E-state index contributed by atoms with van der Waals surface area (Å²) in [4.78, 5) is 2.54. The number of aryl methyl sites for hydroxylation is 2. The summed E-state index contributed by atoms with van der Waals surface area (Å²) in [6.45, 7) is 4.48. The van der Waals surface area contributed by atoms with Crippen LogP contribution in [0.2, 0.25) is 0 Å². The lowest BCUT2D eigenvalue weighted by Crippen LogP contribution is -2.41. The zero-order valence-electron chi connectivity index (χ0n) is 31.1. The van der Waals surface area contributed by atoms with Gasteiger partial charge in [-0.1, -0.05) is 151 Å². The lowest BCUT2D eigenvalue weighted by molar-refractivity contribution is 1.25. The first-order chi connectivity index (χ1) is 27.1. The zero-order chi connectivity index (χ0) is 36.9. The minimum Gasteiger partial charge on any atom is -0.355 e. The van der Waals surface area contributed by atoms with Crippen molar-refractivity contribution in [1.29, 1.82) is 0 Å². The molecule has 55 heavy (non-hydrogen) atoms. The normalized spacial score (nSPS) is 11.9. The Morgan fingerprint density at radius 2 is 0.982 bits per heavy atom. The molecule has 10 rings (SSSR count). The number of fused-ring (bicyclic) bond motifs is 4. The van der Waals surface area contributed by atoms with E-state index in [4.69, 9.17) is 0 Å². The first kappa shape index (κ1) is 32.8. The number of anilines is 5. The van der Waals surface area contributed by atoms with Gasteiger partial charge in [0, 0.05) is 34.0 Å². The summed E-state index contributed by atoms with van der Waals surface area (Å²) in [7, 11) is 0.830. The molecular formula is C52H39BN2. The maximum atomic E-state index is 3.88. The molecule has 9 aromatic rings. The molecule has 1 N–H and O–H groups in total. The molecule has 0 bridgehead atoms. The van der Waals surface area contributed by atoms with Gasteiger partial charge in [-0.05, 0) is 122 Å². The molecule has 2 nitrogen and oxygen atoms in total. The van der Waals surface area contributed by atoms with Crippen LogP contribution in [0.3, 0.4) is 0 Å². The summed E-state index contributed by atoms with van der Waals surface area (Å²) in [5.74, 6) is 0. The molecule has 1 heterocycles. The molecule has 0 radical (unpaired) electrons. The summed E-state index contributed by atoms with van der Waals surface area (Å²) in [6, 6.07) is 68.7. The van der Waals surface area contributed by atoms with E-state index >= 15 is 0 Å². The van der Waals surface area contributed by atoms with Crippen LogP contribution in [0.15, 0.2) is 188 Å². The fourth-order valence-corrected chi connectivity index (χ4v) is 8.39. The molecule has 0 aromatic heterocycles. The zero-order valence-corrected chi connectivity index (χ0v) is 31.1. The van der Waals surface area contributed by atoms with Gasteiger partial charge in [0.2, 0.25) is 0 Å². The average molecular weight is 703 g/mol. The van der Waals surface area contributed by atoms with Gasteiger partial charge in [-0.25, -0.2) is 0 Å². The Morgan fingerprint density at radius 1 is 0.418 bits per heavy atom. The van der Waals surface area contributed by atoms with Crippen molar-refractivity contribution in [1.82, 2.24) is 0 Å². The van der Waals surface area contributed by atoms with Crippen molar-refractivity contribution in [3.63, 3.8) is 0 Å². The Hall–Kier alpha value is -6.84. The van der Waals surface area contributed by atoms with Crippen LogP contribution in [-0.4, -0.2) is 7.28 Å². The van der Waals surface area contributed by atoms with Gasteiger partial charge < -0.3 is 10.2 Å². The van der Waals surface area contributed by atoms with Gasteiger partial charge in [0.05, 0.1) is 0 Å². The Bertz CT molecular complexity index is 2880. The highest BCUT2D eigenvalue weighted by atomic mass is 15.2. The molecule has 0 saturated carbocycles. The summed E-state index contributed by atoms with van der Waals surface area (Å²) in [5.41, 5.74) is 18.3. The molecule has 0 atom stereocenters. The predicted molar refractivity (Wildman–Crippen MR) is 238 cm³/mol. The van der Waals surface area contributed by atoms with Crippen molar-refractivity contribution >= 4 is 68.2 Å². The Labute approximate surface area is 323 Å². The van der Waals surface area contributed by atoms with Gasteiger partial charge in [-0.15, -0.1) is 0 Å². The number of hydrogen-bond donors (Lipinski definition) is 1. The van der Waals surface area contributed by atoms with Crippen molar-refractivity contribution in [3.05, 3.63) is 199 Å². The van der Waals surface area contributed by atoms with Crippen molar-refractivity contribution in [2.24, 2.45) is 0 Å². The van der Waals surface area contributed by atoms with Crippen LogP contribution in [0.25, 0.3) is 54.9 Å². The second-order valence-corrected chi connectivity index (χ2v) is 14.8. The van der Waals surface area contributed by atoms with Gasteiger partial charge in [0.25, 0.3) is 0 Å². The first-order valence-electron chi connectivity index (χ1n) is 19.1. The molecule has 0 amide bonds. The smallest absolute Gasteiger partial charge is 0.198 e. The number of nitrogens with one attached hydrogen (secondary N) is 1. The summed E-state index contributed by atoms with van der Waals surface area (Å²) >= 11 is 0. The molecular weight excluding hydrogens is 663 g/mol. The van der Waals surface area contributed by atoms with Crippen LogP contribution >= 0.6 is 0 Å². The molecule has 9 aromatic carbocycles. The third kappa shape index (κ3) is 6.04. The molecule has 0 aliphatic carbocycles. The van der Waals surface area contributed by atoms with E-state index in [0.717, 1.165) is 18.7 Å². The lowest BCUT2D eigenvalue weighted by atomic mass is 9.57. The summed E-state index contributed by atoms with van der Waals surface area (Å²) in [5, 5.41) is 8.82. The Balaban J connectivity index is 1.18. The van der Waals surface area contributed by atoms with Gasteiger partial charge in [-0.3, -0.25) is 0 Å². The fourth-order valence-electron chi connectivity index (χ4n) is 8.39. The minimum absolute atomic E-state index is 0.830. The van der Waals surface area contributed by atoms with E-state index in [0.29, 0.717) is 0 Å². The highest BCUT2D eigenvalue weighted by molar-refractivity contribution is 6.73. The molecule has 1 aliphatic heterocycles. The van der Waals surface area contributed by atoms with E-state index in [1.54, 1.807) is 0 Å². The van der Waals surface area contributed by atoms with E-state index in [1.165, 1.54) is 94.0 Å². The van der Waals surface area contributed by atoms with E-state index in [9.17, 15) is 0 Å². The van der Waals surface area contributed by atoms with Crippen LogP contribution in [0.1, 0.15) is 11.1 Å². The quantitative estimate of drug-likeness (QED) is 0.174. The molecule has 1 aliphatic rings. The van der Waals surface area contributed by atoms with Crippen molar-refractivity contribution in [2.75, 3.05) is 10.2 Å². The molecule has 0 saturated heterocycles. The van der Waals surface area contributed by atoms with Gasteiger partial charge in [0.1, 0.15) is 0 Å². The molecule has 0 unspecified atom stereocenters. The van der Waals surface area contributed by atoms with Gasteiger partial charge >= 0.3 is 0 Å². The fraction of sp³-hybridized carbons (Fsp3) is 0.0385. The summed E-state index contributed by atoms with van der Waals surface area (Å²) < 4.78 is 0. The largest absolute Gasteiger partial charge is 0.355 e. The number of benzene rings is 9. The van der Waals surface area contributed by atoms with Crippen LogP contribution < -0.4 is 21.1 Å². The van der Waals surface area contributed by atoms with Crippen LogP contribution in [0, 0.1) is 13.8 Å². The average Bonchev–Trinajstić information content (AvgIpc) is 3.23. The van der Waals surface area contributed by atoms with Crippen molar-refractivity contribution in [3.8, 4) is 33.4 Å². The standard InChI is InChI=1S/C52H39BN2/c1-34-27-46(45-29-39-17-9-11-19-41(39)31-48(45)54-44-25-23-38(24-26-44)36-13-5-3-6-14-36)52-51(28-34)55(50-33-42-20-12-10-18-40(42)30-47(50)53-52)49-32-43(22-21-35(49)2)37-15-7-4-8-16-37/h3-33,53-54H,1-2H3. The maximum Gasteiger partial charge on any atom is 0.198 e. The maximum absolute atomic E-state index is 3.88. The Morgan fingerprint density at radius 3 is 1.67 bits per heavy atom. The van der Waals surface area contributed by atoms with Crippen molar-refractivity contribution in [2.45, 2.75) is 13.8 Å². The second-order valence-electron chi connectivity index (χ2n) is 14.8. The van der Waals surface area contributed by atoms with Gasteiger partial charge in [0.15, 0.2) is 7.28 Å². The summed E-state index contributed by atoms with van der Waals surface area (Å²) in [6.07, 6.45) is 0. The number of rotatable bonds is 6. The molecule has 260 valence electrons. The molecule has 0 spiro atoms. The molecule has 0 fully saturated rings. The Kier molecular flexibility index (Phi) is 8.07. The van der Waals surface area contributed by atoms with E-state index in [2.05, 4.69) is 212 Å². The van der Waals surface area contributed by atoms with E-state index < -0.39 is 0 Å². The number of hydrogen-bond acceptors (Lipinski definition) is 2. The third-order valence-corrected chi connectivity index (χ3v) is 11.2.